The van der Waals surface area contributed by atoms with Gasteiger partial charge in [0.05, 0.1) is 0 Å². The Hall–Kier alpha value is -1.10. The highest BCUT2D eigenvalue weighted by Crippen LogP contribution is 2.35. The molecule has 2 heterocycles. The number of hydrogen-bond donors (Lipinski definition) is 1. The molecule has 0 radical (unpaired) electrons. The van der Waals surface area contributed by atoms with Crippen molar-refractivity contribution in [1.82, 2.24) is 14.6 Å². The number of rotatable bonds is 2. The molecule has 1 aliphatic carbocycles. The molecule has 1 aliphatic rings. The molecule has 0 aromatic carbocycles. The lowest BCUT2D eigenvalue weighted by atomic mass is 9.76. The Balaban J connectivity index is 1.72. The topological polar surface area (TPSA) is 42.2 Å². The maximum absolute atomic E-state index is 4.50. The average molecular weight is 323 g/mol. The molecule has 0 spiro atoms. The molecular formula is C14H19BrN4. The van der Waals surface area contributed by atoms with Crippen molar-refractivity contribution in [2.45, 2.75) is 45.6 Å². The first-order valence-corrected chi connectivity index (χ1v) is 7.60. The van der Waals surface area contributed by atoms with Gasteiger partial charge in [0, 0.05) is 16.7 Å². The molecule has 1 fully saturated rings. The van der Waals surface area contributed by atoms with Gasteiger partial charge in [-0.2, -0.15) is 4.98 Å². The fourth-order valence-electron chi connectivity index (χ4n) is 2.65. The number of anilines is 1. The van der Waals surface area contributed by atoms with Crippen molar-refractivity contribution < 1.29 is 0 Å². The number of halogens is 1. The maximum atomic E-state index is 4.50. The Kier molecular flexibility index (Phi) is 3.25. The largest absolute Gasteiger partial charge is 0.350 e. The van der Waals surface area contributed by atoms with E-state index < -0.39 is 0 Å². The van der Waals surface area contributed by atoms with E-state index >= 15 is 0 Å². The van der Waals surface area contributed by atoms with Crippen molar-refractivity contribution in [2.75, 3.05) is 5.32 Å². The number of fused-ring (bicyclic) bond motifs is 1. The van der Waals surface area contributed by atoms with Crippen LogP contribution >= 0.6 is 15.9 Å². The van der Waals surface area contributed by atoms with E-state index in [2.05, 4.69) is 45.2 Å². The molecule has 0 bridgehead atoms. The quantitative estimate of drug-likeness (QED) is 0.912. The van der Waals surface area contributed by atoms with E-state index in [0.29, 0.717) is 11.5 Å². The zero-order valence-electron chi connectivity index (χ0n) is 11.4. The second-order valence-electron chi connectivity index (χ2n) is 6.17. The Bertz CT molecular complexity index is 580. The Morgan fingerprint density at radius 1 is 1.32 bits per heavy atom. The van der Waals surface area contributed by atoms with Crippen LogP contribution in [0.25, 0.3) is 5.65 Å². The summed E-state index contributed by atoms with van der Waals surface area (Å²) in [4.78, 5) is 4.50. The number of pyridine rings is 1. The molecule has 102 valence electrons. The second-order valence-corrected chi connectivity index (χ2v) is 7.08. The van der Waals surface area contributed by atoms with E-state index in [-0.39, 0.29) is 0 Å². The average Bonchev–Trinajstić information content (AvgIpc) is 2.73. The van der Waals surface area contributed by atoms with Gasteiger partial charge >= 0.3 is 0 Å². The summed E-state index contributed by atoms with van der Waals surface area (Å²) < 4.78 is 2.81. The van der Waals surface area contributed by atoms with Crippen LogP contribution in [-0.4, -0.2) is 20.6 Å². The Morgan fingerprint density at radius 3 is 2.79 bits per heavy atom. The van der Waals surface area contributed by atoms with Gasteiger partial charge in [0.25, 0.3) is 0 Å². The SMILES string of the molecule is CC1(C)CCC(Nc2nc3ccc(Br)cn3n2)CC1. The monoisotopic (exact) mass is 322 g/mol. The van der Waals surface area contributed by atoms with E-state index in [0.717, 1.165) is 16.1 Å². The van der Waals surface area contributed by atoms with Gasteiger partial charge in [0.2, 0.25) is 5.95 Å². The van der Waals surface area contributed by atoms with Gasteiger partial charge < -0.3 is 5.32 Å². The molecule has 5 heteroatoms. The van der Waals surface area contributed by atoms with Crippen LogP contribution in [0.3, 0.4) is 0 Å². The Morgan fingerprint density at radius 2 is 2.05 bits per heavy atom. The highest BCUT2D eigenvalue weighted by Gasteiger charge is 2.27. The first kappa shape index (κ1) is 12.9. The van der Waals surface area contributed by atoms with Gasteiger partial charge in [-0.15, -0.1) is 5.10 Å². The molecule has 1 N–H and O–H groups in total. The minimum atomic E-state index is 0.495. The standard InChI is InChI=1S/C14H19BrN4/c1-14(2)7-5-11(6-8-14)16-13-17-12-4-3-10(15)9-19(12)18-13/h3-4,9,11H,5-8H2,1-2H3,(H,16,18). The van der Waals surface area contributed by atoms with Gasteiger partial charge in [-0.25, -0.2) is 4.52 Å². The molecule has 3 rings (SSSR count). The zero-order valence-corrected chi connectivity index (χ0v) is 12.9. The van der Waals surface area contributed by atoms with E-state index in [1.165, 1.54) is 25.7 Å². The van der Waals surface area contributed by atoms with E-state index in [1.807, 2.05) is 18.3 Å². The third kappa shape index (κ3) is 2.91. The van der Waals surface area contributed by atoms with Crippen molar-refractivity contribution in [3.8, 4) is 0 Å². The van der Waals surface area contributed by atoms with Crippen LogP contribution in [0.4, 0.5) is 5.95 Å². The van der Waals surface area contributed by atoms with Crippen molar-refractivity contribution in [3.05, 3.63) is 22.8 Å². The van der Waals surface area contributed by atoms with Gasteiger partial charge in [-0.1, -0.05) is 13.8 Å². The minimum Gasteiger partial charge on any atom is -0.350 e. The number of aromatic nitrogens is 3. The van der Waals surface area contributed by atoms with Crippen LogP contribution in [0, 0.1) is 5.41 Å². The highest BCUT2D eigenvalue weighted by molar-refractivity contribution is 9.10. The lowest BCUT2D eigenvalue weighted by Crippen LogP contribution is -2.30. The van der Waals surface area contributed by atoms with Crippen LogP contribution < -0.4 is 5.32 Å². The number of nitrogens with one attached hydrogen (secondary N) is 1. The van der Waals surface area contributed by atoms with Crippen LogP contribution in [0.1, 0.15) is 39.5 Å². The lowest BCUT2D eigenvalue weighted by Gasteiger charge is -2.34. The zero-order chi connectivity index (χ0) is 13.5. The molecule has 0 amide bonds. The van der Waals surface area contributed by atoms with E-state index in [9.17, 15) is 0 Å². The third-order valence-corrected chi connectivity index (χ3v) is 4.44. The first-order valence-electron chi connectivity index (χ1n) is 6.80. The van der Waals surface area contributed by atoms with Gasteiger partial charge in [-0.05, 0) is 59.2 Å². The molecule has 0 unspecified atom stereocenters. The van der Waals surface area contributed by atoms with Crippen LogP contribution in [0.2, 0.25) is 0 Å². The van der Waals surface area contributed by atoms with Gasteiger partial charge in [-0.3, -0.25) is 0 Å². The molecule has 0 aliphatic heterocycles. The molecule has 0 saturated heterocycles. The van der Waals surface area contributed by atoms with E-state index in [1.54, 1.807) is 4.52 Å². The summed E-state index contributed by atoms with van der Waals surface area (Å²) >= 11 is 3.44. The molecule has 0 atom stereocenters. The van der Waals surface area contributed by atoms with Crippen molar-refractivity contribution in [1.29, 1.82) is 0 Å². The first-order chi connectivity index (χ1) is 9.02. The molecule has 19 heavy (non-hydrogen) atoms. The summed E-state index contributed by atoms with van der Waals surface area (Å²) in [6.45, 7) is 4.70. The fourth-order valence-corrected chi connectivity index (χ4v) is 2.97. The summed E-state index contributed by atoms with van der Waals surface area (Å²) in [6, 6.07) is 4.46. The molecule has 2 aromatic heterocycles. The van der Waals surface area contributed by atoms with Crippen LogP contribution in [0.15, 0.2) is 22.8 Å². The van der Waals surface area contributed by atoms with Gasteiger partial charge in [0.1, 0.15) is 0 Å². The smallest absolute Gasteiger partial charge is 0.243 e. The summed E-state index contributed by atoms with van der Waals surface area (Å²) in [5.41, 5.74) is 1.37. The van der Waals surface area contributed by atoms with Crippen molar-refractivity contribution in [2.24, 2.45) is 5.41 Å². The normalized spacial score (nSPS) is 19.7. The highest BCUT2D eigenvalue weighted by atomic mass is 79.9. The summed E-state index contributed by atoms with van der Waals surface area (Å²) in [7, 11) is 0. The van der Waals surface area contributed by atoms with Crippen molar-refractivity contribution in [3.63, 3.8) is 0 Å². The van der Waals surface area contributed by atoms with Crippen LogP contribution in [-0.2, 0) is 0 Å². The second kappa shape index (κ2) is 4.78. The predicted molar refractivity (Wildman–Crippen MR) is 80.3 cm³/mol. The molecule has 1 saturated carbocycles. The lowest BCUT2D eigenvalue weighted by molar-refractivity contribution is 0.232. The molecule has 4 nitrogen and oxygen atoms in total. The maximum Gasteiger partial charge on any atom is 0.243 e. The number of nitrogens with zero attached hydrogens (tertiary/aromatic N) is 3. The van der Waals surface area contributed by atoms with Gasteiger partial charge in [0.15, 0.2) is 5.65 Å². The predicted octanol–water partition coefficient (Wildman–Crippen LogP) is 3.87. The summed E-state index contributed by atoms with van der Waals surface area (Å²) in [6.07, 6.45) is 6.86. The molecular weight excluding hydrogens is 304 g/mol. The minimum absolute atomic E-state index is 0.495. The summed E-state index contributed by atoms with van der Waals surface area (Å²) in [5, 5.41) is 7.94. The fraction of sp³-hybridized carbons (Fsp3) is 0.571. The van der Waals surface area contributed by atoms with Crippen molar-refractivity contribution >= 4 is 27.5 Å². The third-order valence-electron chi connectivity index (χ3n) is 3.97. The Labute approximate surface area is 121 Å². The summed E-state index contributed by atoms with van der Waals surface area (Å²) in [5.74, 6) is 0.739. The van der Waals surface area contributed by atoms with Crippen LogP contribution in [0.5, 0.6) is 0 Å². The van der Waals surface area contributed by atoms with E-state index in [4.69, 9.17) is 0 Å². The molecule has 2 aromatic rings. The number of hydrogen-bond acceptors (Lipinski definition) is 3.